The van der Waals surface area contributed by atoms with Gasteiger partial charge in [-0.05, 0) is 45.7 Å². The number of aromatic nitrogens is 2. The zero-order valence-corrected chi connectivity index (χ0v) is 23.4. The Bertz CT molecular complexity index is 1590. The summed E-state index contributed by atoms with van der Waals surface area (Å²) in [7, 11) is 0. The van der Waals surface area contributed by atoms with Crippen molar-refractivity contribution in [3.63, 3.8) is 0 Å². The maximum Gasteiger partial charge on any atom is 0.411 e. The molecule has 2 aliphatic heterocycles. The largest absolute Gasteiger partial charge is 0.444 e. The molecule has 1 fully saturated rings. The summed E-state index contributed by atoms with van der Waals surface area (Å²) in [5.74, 6) is -0.254. The van der Waals surface area contributed by atoms with E-state index in [-0.39, 0.29) is 18.9 Å². The number of anilines is 1. The van der Waals surface area contributed by atoms with E-state index < -0.39 is 23.8 Å². The van der Waals surface area contributed by atoms with Crippen molar-refractivity contribution in [1.29, 1.82) is 0 Å². The Morgan fingerprint density at radius 3 is 2.62 bits per heavy atom. The lowest BCUT2D eigenvalue weighted by Crippen LogP contribution is -2.48. The molecule has 2 aromatic carbocycles. The average molecular weight is 544 g/mol. The standard InChI is InChI=1S/C31H37N5O4/c1-31(2,3)40-30(39)36-19-20(37)18-25(36)29(38)32-14-8-15-34-16-9-17-35-24-13-7-5-11-22(24)26-28(35)27(34)21-10-4-6-12-23(21)33-26/h4-7,10-13,20,25,37H,8-9,14-19H2,1-3H3,(H,32,38)/t20-,25+/m1/s1. The first-order valence-corrected chi connectivity index (χ1v) is 14.2. The molecule has 4 heterocycles. The van der Waals surface area contributed by atoms with Crippen LogP contribution in [0.4, 0.5) is 10.5 Å². The quantitative estimate of drug-likeness (QED) is 0.362. The first-order valence-electron chi connectivity index (χ1n) is 14.2. The highest BCUT2D eigenvalue weighted by Gasteiger charge is 2.40. The molecule has 9 nitrogen and oxygen atoms in total. The molecule has 2 aliphatic rings. The number of hydrogen-bond donors (Lipinski definition) is 2. The Morgan fingerprint density at radius 1 is 1.07 bits per heavy atom. The van der Waals surface area contributed by atoms with Gasteiger partial charge >= 0.3 is 6.09 Å². The number of para-hydroxylation sites is 2. The molecule has 2 amide bonds. The molecule has 0 spiro atoms. The average Bonchev–Trinajstić information content (AvgIpc) is 3.39. The molecule has 210 valence electrons. The van der Waals surface area contributed by atoms with Crippen LogP contribution in [0.15, 0.2) is 48.5 Å². The third-order valence-electron chi connectivity index (χ3n) is 7.80. The monoisotopic (exact) mass is 543 g/mol. The lowest BCUT2D eigenvalue weighted by molar-refractivity contribution is -0.125. The fraction of sp³-hybridized carbons (Fsp3) is 0.452. The Kier molecular flexibility index (Phi) is 6.78. The van der Waals surface area contributed by atoms with Gasteiger partial charge in [-0.3, -0.25) is 9.69 Å². The van der Waals surface area contributed by atoms with Gasteiger partial charge in [0.2, 0.25) is 5.91 Å². The molecular formula is C31H37N5O4. The van der Waals surface area contributed by atoms with Crippen molar-refractivity contribution in [3.8, 4) is 0 Å². The first kappa shape index (κ1) is 26.4. The molecule has 40 heavy (non-hydrogen) atoms. The van der Waals surface area contributed by atoms with Gasteiger partial charge in [-0.1, -0.05) is 36.4 Å². The Morgan fingerprint density at radius 2 is 1.82 bits per heavy atom. The molecule has 0 saturated carbocycles. The van der Waals surface area contributed by atoms with Crippen molar-refractivity contribution in [3.05, 3.63) is 48.5 Å². The van der Waals surface area contributed by atoms with E-state index in [1.807, 2.05) is 6.07 Å². The number of amides is 2. The van der Waals surface area contributed by atoms with Gasteiger partial charge < -0.3 is 24.6 Å². The number of aryl methyl sites for hydroxylation is 1. The summed E-state index contributed by atoms with van der Waals surface area (Å²) in [6.07, 6.45) is 0.648. The molecule has 0 aliphatic carbocycles. The number of carbonyl (C=O) groups excluding carboxylic acids is 2. The van der Waals surface area contributed by atoms with Gasteiger partial charge in [0.1, 0.15) is 11.6 Å². The van der Waals surface area contributed by atoms with Crippen molar-refractivity contribution in [2.45, 2.75) is 64.3 Å². The molecule has 0 unspecified atom stereocenters. The molecule has 0 radical (unpaired) electrons. The highest BCUT2D eigenvalue weighted by molar-refractivity contribution is 6.16. The van der Waals surface area contributed by atoms with Crippen LogP contribution in [0.2, 0.25) is 0 Å². The van der Waals surface area contributed by atoms with Crippen molar-refractivity contribution in [1.82, 2.24) is 19.8 Å². The number of nitrogens with one attached hydrogen (secondary N) is 1. The van der Waals surface area contributed by atoms with Gasteiger partial charge in [-0.15, -0.1) is 0 Å². The lowest BCUT2D eigenvalue weighted by atomic mass is 10.1. The number of nitrogens with zero attached hydrogens (tertiary/aromatic N) is 4. The first-order chi connectivity index (χ1) is 19.2. The van der Waals surface area contributed by atoms with Gasteiger partial charge in [0.05, 0.1) is 40.4 Å². The number of benzene rings is 2. The van der Waals surface area contributed by atoms with Gasteiger partial charge in [0, 0.05) is 43.4 Å². The van der Waals surface area contributed by atoms with E-state index >= 15 is 0 Å². The highest BCUT2D eigenvalue weighted by Crippen LogP contribution is 2.40. The molecular weight excluding hydrogens is 506 g/mol. The van der Waals surface area contributed by atoms with Gasteiger partial charge in [-0.2, -0.15) is 0 Å². The number of aliphatic hydroxyl groups excluding tert-OH is 1. The van der Waals surface area contributed by atoms with Crippen LogP contribution >= 0.6 is 0 Å². The second-order valence-corrected chi connectivity index (χ2v) is 11.9. The predicted octanol–water partition coefficient (Wildman–Crippen LogP) is 4.43. The van der Waals surface area contributed by atoms with Crippen LogP contribution in [-0.2, 0) is 16.1 Å². The van der Waals surface area contributed by atoms with E-state index in [1.165, 1.54) is 27.0 Å². The van der Waals surface area contributed by atoms with E-state index in [0.29, 0.717) is 6.54 Å². The number of aliphatic hydroxyl groups is 1. The zero-order valence-electron chi connectivity index (χ0n) is 23.4. The second kappa shape index (κ2) is 10.3. The van der Waals surface area contributed by atoms with E-state index in [9.17, 15) is 14.7 Å². The van der Waals surface area contributed by atoms with E-state index in [1.54, 1.807) is 20.8 Å². The van der Waals surface area contributed by atoms with Crippen LogP contribution in [-0.4, -0.2) is 75.5 Å². The van der Waals surface area contributed by atoms with Crippen LogP contribution in [0.1, 0.15) is 40.0 Å². The van der Waals surface area contributed by atoms with Crippen molar-refractivity contribution < 1.29 is 19.4 Å². The summed E-state index contributed by atoms with van der Waals surface area (Å²) in [6, 6.07) is 16.1. The summed E-state index contributed by atoms with van der Waals surface area (Å²) in [4.78, 5) is 34.6. The Hall–Kier alpha value is -3.85. The van der Waals surface area contributed by atoms with Crippen LogP contribution < -0.4 is 10.2 Å². The third-order valence-corrected chi connectivity index (χ3v) is 7.80. The summed E-state index contributed by atoms with van der Waals surface area (Å²) in [6.45, 7) is 8.54. The summed E-state index contributed by atoms with van der Waals surface area (Å²) in [5.41, 5.74) is 4.93. The topological polar surface area (TPSA) is 99.9 Å². The molecule has 1 saturated heterocycles. The summed E-state index contributed by atoms with van der Waals surface area (Å²) >= 11 is 0. The van der Waals surface area contributed by atoms with Crippen LogP contribution in [0.25, 0.3) is 32.8 Å². The van der Waals surface area contributed by atoms with Gasteiger partial charge in [0.25, 0.3) is 0 Å². The van der Waals surface area contributed by atoms with Gasteiger partial charge in [-0.25, -0.2) is 9.78 Å². The number of hydrogen-bond acceptors (Lipinski definition) is 6. The molecule has 2 aromatic heterocycles. The Labute approximate surface area is 233 Å². The smallest absolute Gasteiger partial charge is 0.411 e. The maximum atomic E-state index is 13.1. The summed E-state index contributed by atoms with van der Waals surface area (Å²) in [5, 5.41) is 15.5. The van der Waals surface area contributed by atoms with E-state index in [4.69, 9.17) is 9.72 Å². The van der Waals surface area contributed by atoms with Gasteiger partial charge in [0.15, 0.2) is 0 Å². The molecule has 0 bridgehead atoms. The van der Waals surface area contributed by atoms with Crippen LogP contribution in [0.5, 0.6) is 0 Å². The third kappa shape index (κ3) is 4.83. The predicted molar refractivity (Wildman–Crippen MR) is 157 cm³/mol. The molecule has 2 atom stereocenters. The SMILES string of the molecule is CC(C)(C)OC(=O)N1C[C@H](O)C[C@H]1C(=O)NCCCN1CCCn2c3ccccc3c3nc4ccccc4c1c32. The fourth-order valence-corrected chi connectivity index (χ4v) is 6.15. The zero-order chi connectivity index (χ0) is 28.0. The minimum atomic E-state index is -0.741. The minimum Gasteiger partial charge on any atom is -0.444 e. The van der Waals surface area contributed by atoms with E-state index in [0.717, 1.165) is 48.9 Å². The lowest BCUT2D eigenvalue weighted by Gasteiger charge is -2.28. The maximum absolute atomic E-state index is 13.1. The second-order valence-electron chi connectivity index (χ2n) is 11.9. The highest BCUT2D eigenvalue weighted by atomic mass is 16.6. The number of likely N-dealkylation sites (tertiary alicyclic amines) is 1. The number of carbonyl (C=O) groups is 2. The number of ether oxygens (including phenoxy) is 1. The Balaban J connectivity index is 1.20. The van der Waals surface area contributed by atoms with Crippen molar-refractivity contribution in [2.24, 2.45) is 0 Å². The van der Waals surface area contributed by atoms with Crippen molar-refractivity contribution >= 4 is 50.5 Å². The summed E-state index contributed by atoms with van der Waals surface area (Å²) < 4.78 is 7.88. The van der Waals surface area contributed by atoms with Crippen LogP contribution in [0, 0.1) is 0 Å². The molecule has 9 heteroatoms. The molecule has 2 N–H and O–H groups in total. The van der Waals surface area contributed by atoms with Crippen LogP contribution in [0.3, 0.4) is 0 Å². The number of rotatable bonds is 5. The molecule has 4 aromatic rings. The number of pyridine rings is 1. The molecule has 6 rings (SSSR count). The minimum absolute atomic E-state index is 0.0971. The van der Waals surface area contributed by atoms with E-state index in [2.05, 4.69) is 57.2 Å². The van der Waals surface area contributed by atoms with Crippen molar-refractivity contribution in [2.75, 3.05) is 31.1 Å². The number of fused-ring (bicyclic) bond motifs is 5. The fourth-order valence-electron chi connectivity index (χ4n) is 6.15. The normalized spacial score (nSPS) is 19.4. The number of β-amino-alcohol motifs (C(OH)–C–C–N with tert-alkyl or cyclic N) is 1.